The van der Waals surface area contributed by atoms with Gasteiger partial charge in [0, 0.05) is 11.1 Å². The smallest absolute Gasteiger partial charge is 0.234 e. The molecule has 7 heteroatoms. The molecule has 0 saturated heterocycles. The fourth-order valence-corrected chi connectivity index (χ4v) is 2.18. The molecule has 1 aliphatic carbocycles. The number of halogens is 2. The van der Waals surface area contributed by atoms with Crippen LogP contribution in [-0.4, -0.2) is 24.0 Å². The van der Waals surface area contributed by atoms with Crippen molar-refractivity contribution < 1.29 is 4.79 Å². The summed E-state index contributed by atoms with van der Waals surface area (Å²) in [7, 11) is 0. The molecule has 0 aromatic carbocycles. The van der Waals surface area contributed by atoms with Gasteiger partial charge < -0.3 is 10.6 Å². The van der Waals surface area contributed by atoms with E-state index in [1.165, 1.54) is 12.8 Å². The van der Waals surface area contributed by atoms with Crippen LogP contribution in [0.4, 0.5) is 0 Å². The van der Waals surface area contributed by atoms with Crippen LogP contribution < -0.4 is 10.6 Å². The fraction of sp³-hybridized carbons (Fsp3) is 0.636. The van der Waals surface area contributed by atoms with Crippen LogP contribution in [0.1, 0.15) is 22.7 Å². The van der Waals surface area contributed by atoms with Gasteiger partial charge in [0.05, 0.1) is 18.1 Å². The predicted octanol–water partition coefficient (Wildman–Crippen LogP) is 1.91. The van der Waals surface area contributed by atoms with Gasteiger partial charge in [-0.15, -0.1) is 36.2 Å². The minimum absolute atomic E-state index is 0. The van der Waals surface area contributed by atoms with Crippen molar-refractivity contribution in [3.05, 3.63) is 16.1 Å². The van der Waals surface area contributed by atoms with E-state index in [1.807, 2.05) is 13.1 Å². The first-order valence-corrected chi connectivity index (χ1v) is 6.44. The van der Waals surface area contributed by atoms with Gasteiger partial charge in [0.1, 0.15) is 0 Å². The molecule has 2 N–H and O–H groups in total. The molecule has 1 amide bonds. The lowest BCUT2D eigenvalue weighted by molar-refractivity contribution is -0.120. The third-order valence-corrected chi connectivity index (χ3v) is 3.46. The van der Waals surface area contributed by atoms with Crippen molar-refractivity contribution in [2.24, 2.45) is 5.92 Å². The average Bonchev–Trinajstić information content (AvgIpc) is 2.98. The van der Waals surface area contributed by atoms with Gasteiger partial charge >= 0.3 is 0 Å². The number of nitrogens with one attached hydrogen (secondary N) is 2. The molecule has 104 valence electrons. The summed E-state index contributed by atoms with van der Waals surface area (Å²) in [6.45, 7) is 3.96. The fourth-order valence-electron chi connectivity index (χ4n) is 1.45. The Morgan fingerprint density at radius 1 is 1.50 bits per heavy atom. The van der Waals surface area contributed by atoms with Crippen molar-refractivity contribution in [2.75, 3.05) is 13.1 Å². The molecule has 2 rings (SSSR count). The maximum atomic E-state index is 11.4. The van der Waals surface area contributed by atoms with Crippen molar-refractivity contribution in [3.8, 4) is 0 Å². The number of amides is 1. The molecule has 4 nitrogen and oxygen atoms in total. The minimum atomic E-state index is 0. The summed E-state index contributed by atoms with van der Waals surface area (Å²) in [6.07, 6.45) is 4.45. The van der Waals surface area contributed by atoms with Crippen molar-refractivity contribution in [3.63, 3.8) is 0 Å². The Balaban J connectivity index is 0.00000144. The van der Waals surface area contributed by atoms with Gasteiger partial charge in [-0.1, -0.05) is 0 Å². The molecule has 0 unspecified atom stereocenters. The van der Waals surface area contributed by atoms with Gasteiger partial charge in [-0.05, 0) is 32.2 Å². The van der Waals surface area contributed by atoms with Crippen molar-refractivity contribution in [1.82, 2.24) is 15.6 Å². The SMILES string of the molecule is Cc1ncc(CNC(=O)CNCC2CC2)s1.Cl.Cl. The summed E-state index contributed by atoms with van der Waals surface area (Å²) in [4.78, 5) is 16.7. The number of carbonyl (C=O) groups excluding carboxylic acids is 1. The van der Waals surface area contributed by atoms with E-state index < -0.39 is 0 Å². The van der Waals surface area contributed by atoms with E-state index in [0.29, 0.717) is 13.1 Å². The Morgan fingerprint density at radius 3 is 2.78 bits per heavy atom. The molecule has 1 heterocycles. The van der Waals surface area contributed by atoms with Crippen molar-refractivity contribution in [2.45, 2.75) is 26.3 Å². The van der Waals surface area contributed by atoms with Gasteiger partial charge in [-0.25, -0.2) is 4.98 Å². The molecule has 0 atom stereocenters. The second kappa shape index (κ2) is 8.69. The highest BCUT2D eigenvalue weighted by Gasteiger charge is 2.20. The molecule has 0 spiro atoms. The van der Waals surface area contributed by atoms with Gasteiger partial charge in [-0.3, -0.25) is 4.79 Å². The second-order valence-corrected chi connectivity index (χ2v) is 5.52. The number of carbonyl (C=O) groups is 1. The van der Waals surface area contributed by atoms with E-state index in [4.69, 9.17) is 0 Å². The van der Waals surface area contributed by atoms with Crippen LogP contribution in [0.25, 0.3) is 0 Å². The van der Waals surface area contributed by atoms with Gasteiger partial charge in [0.15, 0.2) is 0 Å². The molecule has 1 aliphatic rings. The number of nitrogens with zero attached hydrogens (tertiary/aromatic N) is 1. The molecule has 1 aromatic heterocycles. The lowest BCUT2D eigenvalue weighted by Gasteiger charge is -2.04. The molecule has 18 heavy (non-hydrogen) atoms. The Labute approximate surface area is 124 Å². The number of thiazole rings is 1. The van der Waals surface area contributed by atoms with Crippen LogP contribution in [0.5, 0.6) is 0 Å². The quantitative estimate of drug-likeness (QED) is 0.844. The molecular formula is C11H19Cl2N3OS. The molecule has 0 radical (unpaired) electrons. The average molecular weight is 312 g/mol. The number of hydrogen-bond donors (Lipinski definition) is 2. The van der Waals surface area contributed by atoms with Crippen molar-refractivity contribution in [1.29, 1.82) is 0 Å². The first-order valence-electron chi connectivity index (χ1n) is 5.63. The summed E-state index contributed by atoms with van der Waals surface area (Å²) >= 11 is 1.62. The zero-order chi connectivity index (χ0) is 11.4. The van der Waals surface area contributed by atoms with E-state index in [9.17, 15) is 4.79 Å². The highest BCUT2D eigenvalue weighted by atomic mass is 35.5. The first kappa shape index (κ1) is 17.6. The number of aryl methyl sites for hydroxylation is 1. The van der Waals surface area contributed by atoms with Crippen LogP contribution in [0, 0.1) is 12.8 Å². The number of aromatic nitrogens is 1. The maximum Gasteiger partial charge on any atom is 0.234 e. The summed E-state index contributed by atoms with van der Waals surface area (Å²) in [5.74, 6) is 0.878. The summed E-state index contributed by atoms with van der Waals surface area (Å²) in [6, 6.07) is 0. The third kappa shape index (κ3) is 6.54. The lowest BCUT2D eigenvalue weighted by atomic mass is 10.4. The zero-order valence-electron chi connectivity index (χ0n) is 10.3. The van der Waals surface area contributed by atoms with E-state index in [-0.39, 0.29) is 30.7 Å². The van der Waals surface area contributed by atoms with E-state index >= 15 is 0 Å². The Hall–Kier alpha value is -0.360. The molecule has 0 aliphatic heterocycles. The van der Waals surface area contributed by atoms with Gasteiger partial charge in [-0.2, -0.15) is 0 Å². The predicted molar refractivity (Wildman–Crippen MR) is 78.8 cm³/mol. The van der Waals surface area contributed by atoms with Crippen LogP contribution in [-0.2, 0) is 11.3 Å². The topological polar surface area (TPSA) is 54.0 Å². The highest BCUT2D eigenvalue weighted by Crippen LogP contribution is 2.27. The zero-order valence-corrected chi connectivity index (χ0v) is 12.7. The van der Waals surface area contributed by atoms with Crippen LogP contribution in [0.15, 0.2) is 6.20 Å². The summed E-state index contributed by atoms with van der Waals surface area (Å²) in [5.41, 5.74) is 0. The Kier molecular flexibility index (Phi) is 8.52. The Bertz CT molecular complexity index is 369. The van der Waals surface area contributed by atoms with Gasteiger partial charge in [0.25, 0.3) is 0 Å². The Morgan fingerprint density at radius 2 is 2.22 bits per heavy atom. The number of hydrogen-bond acceptors (Lipinski definition) is 4. The van der Waals surface area contributed by atoms with E-state index in [0.717, 1.165) is 22.3 Å². The van der Waals surface area contributed by atoms with E-state index in [2.05, 4.69) is 15.6 Å². The second-order valence-electron chi connectivity index (χ2n) is 4.20. The van der Waals surface area contributed by atoms with Crippen LogP contribution in [0.3, 0.4) is 0 Å². The monoisotopic (exact) mass is 311 g/mol. The molecule has 0 bridgehead atoms. The van der Waals surface area contributed by atoms with Crippen LogP contribution >= 0.6 is 36.2 Å². The van der Waals surface area contributed by atoms with Crippen LogP contribution in [0.2, 0.25) is 0 Å². The third-order valence-electron chi connectivity index (χ3n) is 2.54. The number of rotatable bonds is 6. The molecular weight excluding hydrogens is 293 g/mol. The summed E-state index contributed by atoms with van der Waals surface area (Å²) < 4.78 is 0. The minimum Gasteiger partial charge on any atom is -0.350 e. The first-order chi connectivity index (χ1) is 7.74. The van der Waals surface area contributed by atoms with Crippen molar-refractivity contribution >= 4 is 42.1 Å². The van der Waals surface area contributed by atoms with E-state index in [1.54, 1.807) is 11.3 Å². The highest BCUT2D eigenvalue weighted by molar-refractivity contribution is 7.11. The summed E-state index contributed by atoms with van der Waals surface area (Å²) in [5, 5.41) is 7.08. The maximum absolute atomic E-state index is 11.4. The largest absolute Gasteiger partial charge is 0.350 e. The molecule has 1 fully saturated rings. The lowest BCUT2D eigenvalue weighted by Crippen LogP contribution is -2.34. The standard InChI is InChI=1S/C11H17N3OS.2ClH/c1-8-13-5-10(16-8)6-14-11(15)7-12-4-9-2-3-9;;/h5,9,12H,2-4,6-7H2,1H3,(H,14,15);2*1H. The molecule has 1 saturated carbocycles. The molecule has 1 aromatic rings. The normalized spacial score (nSPS) is 13.4. The van der Waals surface area contributed by atoms with Gasteiger partial charge in [0.2, 0.25) is 5.91 Å².